The lowest BCUT2D eigenvalue weighted by Crippen LogP contribution is -2.26. The highest BCUT2D eigenvalue weighted by Gasteiger charge is 2.03. The Hall–Kier alpha value is -1.45. The van der Waals surface area contributed by atoms with Gasteiger partial charge in [0.25, 0.3) is 0 Å². The molecular formula is C6H7N4+. The average Bonchev–Trinajstić information content (AvgIpc) is 2.34. The van der Waals surface area contributed by atoms with Crippen molar-refractivity contribution in [2.75, 3.05) is 0 Å². The van der Waals surface area contributed by atoms with Gasteiger partial charge < -0.3 is 0 Å². The van der Waals surface area contributed by atoms with Crippen molar-refractivity contribution in [1.82, 2.24) is 14.4 Å². The van der Waals surface area contributed by atoms with Crippen LogP contribution in [0.4, 0.5) is 0 Å². The van der Waals surface area contributed by atoms with Crippen LogP contribution in [0.2, 0.25) is 0 Å². The summed E-state index contributed by atoms with van der Waals surface area (Å²) in [5.41, 5.74) is 0. The summed E-state index contributed by atoms with van der Waals surface area (Å²) in [7, 11) is 1.95. The van der Waals surface area contributed by atoms with E-state index in [0.717, 1.165) is 5.78 Å². The number of rotatable bonds is 0. The molecule has 50 valence electrons. The van der Waals surface area contributed by atoms with E-state index in [0.29, 0.717) is 0 Å². The molecule has 4 heteroatoms. The van der Waals surface area contributed by atoms with Gasteiger partial charge in [-0.3, -0.25) is 0 Å². The van der Waals surface area contributed by atoms with Gasteiger partial charge in [0.15, 0.2) is 12.7 Å². The monoisotopic (exact) mass is 135 g/mol. The second-order valence-corrected chi connectivity index (χ2v) is 2.13. The Kier molecular flexibility index (Phi) is 0.943. The third-order valence-electron chi connectivity index (χ3n) is 1.43. The quantitative estimate of drug-likeness (QED) is 0.459. The van der Waals surface area contributed by atoms with Crippen molar-refractivity contribution < 1.29 is 4.57 Å². The lowest BCUT2D eigenvalue weighted by Gasteiger charge is -1.81. The van der Waals surface area contributed by atoms with Crippen LogP contribution in [0, 0.1) is 0 Å². The van der Waals surface area contributed by atoms with Crippen LogP contribution in [-0.4, -0.2) is 14.4 Å². The highest BCUT2D eigenvalue weighted by Crippen LogP contribution is 1.87. The van der Waals surface area contributed by atoms with Gasteiger partial charge in [-0.2, -0.15) is 9.38 Å². The Morgan fingerprint density at radius 2 is 2.50 bits per heavy atom. The van der Waals surface area contributed by atoms with E-state index in [-0.39, 0.29) is 0 Å². The van der Waals surface area contributed by atoms with Crippen molar-refractivity contribution in [3.8, 4) is 0 Å². The van der Waals surface area contributed by atoms with Crippen LogP contribution < -0.4 is 4.57 Å². The summed E-state index contributed by atoms with van der Waals surface area (Å²) < 4.78 is 3.79. The minimum atomic E-state index is 0.898. The smallest absolute Gasteiger partial charge is 0.235 e. The highest BCUT2D eigenvalue weighted by atomic mass is 15.2. The van der Waals surface area contributed by atoms with Gasteiger partial charge in [-0.25, -0.2) is 4.57 Å². The first-order valence-electron chi connectivity index (χ1n) is 3.00. The molecule has 4 nitrogen and oxygen atoms in total. The van der Waals surface area contributed by atoms with Gasteiger partial charge in [-0.05, 0) is 0 Å². The fourth-order valence-electron chi connectivity index (χ4n) is 0.922. The first-order valence-corrected chi connectivity index (χ1v) is 3.00. The first-order chi connectivity index (χ1) is 4.88. The maximum absolute atomic E-state index is 4.06. The molecule has 2 aromatic rings. The maximum atomic E-state index is 4.06. The van der Waals surface area contributed by atoms with Crippen LogP contribution in [0.15, 0.2) is 25.0 Å². The molecule has 0 spiro atoms. The van der Waals surface area contributed by atoms with Crippen molar-refractivity contribution in [2.24, 2.45) is 7.05 Å². The van der Waals surface area contributed by atoms with Gasteiger partial charge in [0.2, 0.25) is 0 Å². The summed E-state index contributed by atoms with van der Waals surface area (Å²) in [6.45, 7) is 0. The third kappa shape index (κ3) is 0.586. The minimum Gasteiger partial charge on any atom is -0.235 e. The van der Waals surface area contributed by atoms with Gasteiger partial charge in [0.1, 0.15) is 6.20 Å². The van der Waals surface area contributed by atoms with Crippen LogP contribution in [0.5, 0.6) is 0 Å². The minimum absolute atomic E-state index is 0.898. The molecule has 0 N–H and O–H groups in total. The number of imidazole rings is 1. The van der Waals surface area contributed by atoms with E-state index < -0.39 is 0 Å². The maximum Gasteiger partial charge on any atom is 0.405 e. The van der Waals surface area contributed by atoms with Gasteiger partial charge in [0.05, 0.1) is 13.2 Å². The predicted molar refractivity (Wildman–Crippen MR) is 34.2 cm³/mol. The number of aryl methyl sites for hydroxylation is 1. The van der Waals surface area contributed by atoms with Crippen molar-refractivity contribution in [1.29, 1.82) is 0 Å². The molecule has 0 fully saturated rings. The Labute approximate surface area is 57.8 Å². The number of hydrogen-bond donors (Lipinski definition) is 0. The van der Waals surface area contributed by atoms with Crippen molar-refractivity contribution in [3.63, 3.8) is 0 Å². The number of aromatic nitrogens is 4. The van der Waals surface area contributed by atoms with E-state index in [1.54, 1.807) is 6.33 Å². The molecule has 0 radical (unpaired) electrons. The molecule has 0 aliphatic heterocycles. The van der Waals surface area contributed by atoms with Crippen LogP contribution in [0.1, 0.15) is 0 Å². The Morgan fingerprint density at radius 3 is 3.30 bits per heavy atom. The van der Waals surface area contributed by atoms with E-state index in [1.165, 1.54) is 6.33 Å². The van der Waals surface area contributed by atoms with Crippen LogP contribution in [0.3, 0.4) is 0 Å². The Balaban J connectivity index is 2.93. The number of hydrogen-bond acceptors (Lipinski definition) is 2. The van der Waals surface area contributed by atoms with Crippen molar-refractivity contribution in [3.05, 3.63) is 25.0 Å². The van der Waals surface area contributed by atoms with Gasteiger partial charge in [-0.1, -0.05) is 4.98 Å². The van der Waals surface area contributed by atoms with E-state index >= 15 is 0 Å². The van der Waals surface area contributed by atoms with Crippen molar-refractivity contribution >= 4 is 5.78 Å². The zero-order valence-electron chi connectivity index (χ0n) is 5.60. The van der Waals surface area contributed by atoms with E-state index in [4.69, 9.17) is 0 Å². The molecule has 0 bridgehead atoms. The summed E-state index contributed by atoms with van der Waals surface area (Å²) >= 11 is 0. The molecule has 2 aromatic heterocycles. The first kappa shape index (κ1) is 5.34. The van der Waals surface area contributed by atoms with E-state index in [1.807, 2.05) is 28.4 Å². The summed E-state index contributed by atoms with van der Waals surface area (Å²) in [5.74, 6) is 0.898. The molecule has 0 aliphatic carbocycles. The largest absolute Gasteiger partial charge is 0.405 e. The molecule has 2 rings (SSSR count). The van der Waals surface area contributed by atoms with Crippen molar-refractivity contribution in [2.45, 2.75) is 0 Å². The molecule has 0 atom stereocenters. The SMILES string of the molecule is C[n+]1ccn2cncnc21. The average molecular weight is 135 g/mol. The third-order valence-corrected chi connectivity index (χ3v) is 1.43. The zero-order chi connectivity index (χ0) is 6.97. The summed E-state index contributed by atoms with van der Waals surface area (Å²) in [6.07, 6.45) is 7.11. The molecule has 0 amide bonds. The highest BCUT2D eigenvalue weighted by molar-refractivity contribution is 5.15. The molecular weight excluding hydrogens is 128 g/mol. The fourth-order valence-corrected chi connectivity index (χ4v) is 0.922. The van der Waals surface area contributed by atoms with Gasteiger partial charge >= 0.3 is 5.78 Å². The molecule has 0 aliphatic rings. The second kappa shape index (κ2) is 1.76. The zero-order valence-corrected chi connectivity index (χ0v) is 5.60. The van der Waals surface area contributed by atoms with Crippen LogP contribution in [0.25, 0.3) is 5.78 Å². The fraction of sp³-hybridized carbons (Fsp3) is 0.167. The lowest BCUT2D eigenvalue weighted by molar-refractivity contribution is -0.646. The second-order valence-electron chi connectivity index (χ2n) is 2.13. The topological polar surface area (TPSA) is 34.1 Å². The van der Waals surface area contributed by atoms with E-state index in [2.05, 4.69) is 9.97 Å². The van der Waals surface area contributed by atoms with Crippen LogP contribution in [-0.2, 0) is 7.05 Å². The number of fused-ring (bicyclic) bond motifs is 1. The summed E-state index contributed by atoms with van der Waals surface area (Å²) in [4.78, 5) is 7.92. The standard InChI is InChI=1S/C6H7N4/c1-9-2-3-10-5-7-4-8-6(9)10/h2-5H,1H3/q+1. The normalized spacial score (nSPS) is 10.5. The van der Waals surface area contributed by atoms with Crippen LogP contribution >= 0.6 is 0 Å². The Morgan fingerprint density at radius 1 is 1.60 bits per heavy atom. The summed E-state index contributed by atoms with van der Waals surface area (Å²) in [5, 5.41) is 0. The molecule has 0 aromatic carbocycles. The number of nitrogens with zero attached hydrogens (tertiary/aromatic N) is 4. The van der Waals surface area contributed by atoms with Gasteiger partial charge in [-0.15, -0.1) is 0 Å². The molecule has 0 saturated heterocycles. The molecule has 0 saturated carbocycles. The lowest BCUT2D eigenvalue weighted by atomic mass is 10.9. The Bertz CT molecular complexity index is 351. The van der Waals surface area contributed by atoms with E-state index in [9.17, 15) is 0 Å². The summed E-state index contributed by atoms with van der Waals surface area (Å²) in [6, 6.07) is 0. The molecule has 2 heterocycles. The molecule has 0 unspecified atom stereocenters. The van der Waals surface area contributed by atoms with Gasteiger partial charge in [0, 0.05) is 0 Å². The molecule has 10 heavy (non-hydrogen) atoms. The predicted octanol–water partition coefficient (Wildman–Crippen LogP) is -0.446.